The van der Waals surface area contributed by atoms with Crippen LogP contribution in [0.15, 0.2) is 30.3 Å². The van der Waals surface area contributed by atoms with E-state index in [2.05, 4.69) is 10.3 Å². The quantitative estimate of drug-likeness (QED) is 0.591. The Kier molecular flexibility index (Phi) is 5.85. The molecule has 1 aliphatic heterocycles. The summed E-state index contributed by atoms with van der Waals surface area (Å²) in [6.07, 6.45) is 0.624. The number of anilines is 1. The molecule has 4 rings (SSSR count). The Morgan fingerprint density at radius 3 is 2.45 bits per heavy atom. The number of carbonyl (C=O) groups is 1. The van der Waals surface area contributed by atoms with Gasteiger partial charge in [-0.3, -0.25) is 10.1 Å². The number of hydrogen-bond donors (Lipinski definition) is 1. The molecule has 0 fully saturated rings. The predicted octanol–water partition coefficient (Wildman–Crippen LogP) is 4.05. The zero-order valence-corrected chi connectivity index (χ0v) is 18.4. The van der Waals surface area contributed by atoms with Crippen LogP contribution in [-0.2, 0) is 6.42 Å². The number of amides is 1. The lowest BCUT2D eigenvalue weighted by Gasteiger charge is -2.13. The summed E-state index contributed by atoms with van der Waals surface area (Å²) in [7, 11) is 4.53. The second-order valence-electron chi connectivity index (χ2n) is 6.75. The van der Waals surface area contributed by atoms with Crippen molar-refractivity contribution in [2.24, 2.45) is 0 Å². The first-order chi connectivity index (χ1) is 15.0. The second kappa shape index (κ2) is 8.73. The molecule has 1 amide bonds. The summed E-state index contributed by atoms with van der Waals surface area (Å²) in [5, 5.41) is 3.38. The van der Waals surface area contributed by atoms with Gasteiger partial charge in [0, 0.05) is 16.9 Å². The van der Waals surface area contributed by atoms with Crippen molar-refractivity contribution >= 4 is 22.4 Å². The van der Waals surface area contributed by atoms with Crippen LogP contribution in [0.25, 0.3) is 0 Å². The highest BCUT2D eigenvalue weighted by atomic mass is 32.1. The van der Waals surface area contributed by atoms with E-state index in [-0.39, 0.29) is 12.7 Å². The van der Waals surface area contributed by atoms with Crippen molar-refractivity contribution in [3.8, 4) is 28.7 Å². The van der Waals surface area contributed by atoms with Crippen molar-refractivity contribution in [2.45, 2.75) is 13.3 Å². The van der Waals surface area contributed by atoms with Gasteiger partial charge >= 0.3 is 0 Å². The zero-order valence-electron chi connectivity index (χ0n) is 17.6. The van der Waals surface area contributed by atoms with E-state index in [1.165, 1.54) is 32.7 Å². The first kappa shape index (κ1) is 20.8. The highest BCUT2D eigenvalue weighted by molar-refractivity contribution is 7.15. The zero-order chi connectivity index (χ0) is 22.0. The molecule has 3 aromatic rings. The highest BCUT2D eigenvalue weighted by Gasteiger charge is 2.19. The van der Waals surface area contributed by atoms with Crippen LogP contribution < -0.4 is 29.0 Å². The molecule has 2 aromatic carbocycles. The lowest BCUT2D eigenvalue weighted by atomic mass is 10.1. The Labute approximate surface area is 183 Å². The summed E-state index contributed by atoms with van der Waals surface area (Å²) in [6, 6.07) is 9.04. The van der Waals surface area contributed by atoms with Gasteiger partial charge in [0.25, 0.3) is 5.91 Å². The Bertz CT molecular complexity index is 1100. The molecule has 31 heavy (non-hydrogen) atoms. The predicted molar refractivity (Wildman–Crippen MR) is 116 cm³/mol. The number of aromatic nitrogens is 1. The summed E-state index contributed by atoms with van der Waals surface area (Å²) in [4.78, 5) is 18.5. The van der Waals surface area contributed by atoms with Gasteiger partial charge in [-0.25, -0.2) is 4.98 Å². The largest absolute Gasteiger partial charge is 0.493 e. The number of rotatable bonds is 7. The minimum Gasteiger partial charge on any atom is -0.493 e. The number of carbonyl (C=O) groups excluding carboxylic acids is 1. The Balaban J connectivity index is 1.52. The number of nitrogens with zero attached hydrogens (tertiary/aromatic N) is 1. The Hall–Kier alpha value is -3.46. The molecule has 9 heteroatoms. The summed E-state index contributed by atoms with van der Waals surface area (Å²) in [5.41, 5.74) is 2.32. The van der Waals surface area contributed by atoms with Gasteiger partial charge in [-0.15, -0.1) is 11.3 Å². The molecule has 0 radical (unpaired) electrons. The monoisotopic (exact) mass is 442 g/mol. The standard InChI is InChI=1S/C22H22N2O6S/c1-12-15(7-13-5-6-16-17(8-13)30-11-29-16)23-22(31-12)24-21(25)14-9-18(26-2)20(28-4)19(10-14)27-3/h5-6,8-10H,7,11H2,1-4H3,(H,23,24,25). The Morgan fingerprint density at radius 2 is 1.77 bits per heavy atom. The van der Waals surface area contributed by atoms with E-state index in [1.807, 2.05) is 25.1 Å². The third-order valence-corrected chi connectivity index (χ3v) is 5.78. The maximum Gasteiger partial charge on any atom is 0.257 e. The van der Waals surface area contributed by atoms with E-state index in [0.717, 1.165) is 27.6 Å². The average molecular weight is 442 g/mol. The number of ether oxygens (including phenoxy) is 5. The minimum absolute atomic E-state index is 0.242. The smallest absolute Gasteiger partial charge is 0.257 e. The van der Waals surface area contributed by atoms with Crippen LogP contribution in [0.5, 0.6) is 28.7 Å². The molecular weight excluding hydrogens is 420 g/mol. The molecule has 0 spiro atoms. The van der Waals surface area contributed by atoms with E-state index in [0.29, 0.717) is 34.4 Å². The summed E-state index contributed by atoms with van der Waals surface area (Å²) in [5.74, 6) is 2.41. The number of thiazole rings is 1. The van der Waals surface area contributed by atoms with Crippen molar-refractivity contribution in [1.29, 1.82) is 0 Å². The maximum absolute atomic E-state index is 12.8. The molecule has 0 atom stereocenters. The van der Waals surface area contributed by atoms with Crippen molar-refractivity contribution in [2.75, 3.05) is 33.4 Å². The van der Waals surface area contributed by atoms with Crippen LogP contribution in [-0.4, -0.2) is 39.0 Å². The maximum atomic E-state index is 12.8. The first-order valence-electron chi connectivity index (χ1n) is 9.48. The third kappa shape index (κ3) is 4.22. The van der Waals surface area contributed by atoms with Gasteiger partial charge in [0.15, 0.2) is 28.1 Å². The van der Waals surface area contributed by atoms with Crippen LogP contribution in [0.1, 0.15) is 26.5 Å². The molecule has 1 aliphatic rings. The minimum atomic E-state index is -0.317. The topological polar surface area (TPSA) is 88.1 Å². The van der Waals surface area contributed by atoms with Crippen molar-refractivity contribution in [3.05, 3.63) is 52.0 Å². The second-order valence-corrected chi connectivity index (χ2v) is 7.96. The van der Waals surface area contributed by atoms with Crippen LogP contribution in [0.2, 0.25) is 0 Å². The highest BCUT2D eigenvalue weighted by Crippen LogP contribution is 2.38. The molecule has 1 N–H and O–H groups in total. The van der Waals surface area contributed by atoms with E-state index >= 15 is 0 Å². The fraction of sp³-hybridized carbons (Fsp3) is 0.273. The number of nitrogens with one attached hydrogen (secondary N) is 1. The summed E-state index contributed by atoms with van der Waals surface area (Å²) >= 11 is 1.42. The van der Waals surface area contributed by atoms with E-state index in [4.69, 9.17) is 23.7 Å². The van der Waals surface area contributed by atoms with Crippen LogP contribution in [0.4, 0.5) is 5.13 Å². The fourth-order valence-electron chi connectivity index (χ4n) is 3.27. The average Bonchev–Trinajstić information content (AvgIpc) is 3.38. The van der Waals surface area contributed by atoms with Gasteiger partial charge in [0.05, 0.1) is 27.0 Å². The molecule has 0 saturated heterocycles. The molecule has 0 aliphatic carbocycles. The molecule has 1 aromatic heterocycles. The lowest BCUT2D eigenvalue weighted by Crippen LogP contribution is -2.12. The van der Waals surface area contributed by atoms with E-state index in [9.17, 15) is 4.79 Å². The van der Waals surface area contributed by atoms with Gasteiger partial charge in [0.1, 0.15) is 0 Å². The SMILES string of the molecule is COc1cc(C(=O)Nc2nc(Cc3ccc4c(c3)OCO4)c(C)s2)cc(OC)c1OC. The Morgan fingerprint density at radius 1 is 1.06 bits per heavy atom. The van der Waals surface area contributed by atoms with Gasteiger partial charge in [0.2, 0.25) is 12.5 Å². The fourth-order valence-corrected chi connectivity index (χ4v) is 4.10. The normalized spacial score (nSPS) is 11.9. The summed E-state index contributed by atoms with van der Waals surface area (Å²) in [6.45, 7) is 2.22. The van der Waals surface area contributed by atoms with Crippen molar-refractivity contribution < 1.29 is 28.5 Å². The number of benzene rings is 2. The van der Waals surface area contributed by atoms with Gasteiger partial charge in [-0.05, 0) is 36.8 Å². The molecule has 0 unspecified atom stereocenters. The van der Waals surface area contributed by atoms with E-state index in [1.54, 1.807) is 12.1 Å². The van der Waals surface area contributed by atoms with Gasteiger partial charge in [-0.2, -0.15) is 0 Å². The lowest BCUT2D eigenvalue weighted by molar-refractivity contribution is 0.102. The third-order valence-electron chi connectivity index (χ3n) is 4.85. The number of fused-ring (bicyclic) bond motifs is 1. The van der Waals surface area contributed by atoms with Crippen molar-refractivity contribution in [3.63, 3.8) is 0 Å². The van der Waals surface area contributed by atoms with Crippen molar-refractivity contribution in [1.82, 2.24) is 4.98 Å². The summed E-state index contributed by atoms with van der Waals surface area (Å²) < 4.78 is 26.8. The van der Waals surface area contributed by atoms with Gasteiger partial charge < -0.3 is 23.7 Å². The molecule has 162 valence electrons. The molecule has 0 saturated carbocycles. The molecule has 8 nitrogen and oxygen atoms in total. The molecule has 0 bridgehead atoms. The first-order valence-corrected chi connectivity index (χ1v) is 10.3. The number of aryl methyl sites for hydroxylation is 1. The van der Waals surface area contributed by atoms with E-state index < -0.39 is 0 Å². The number of hydrogen-bond acceptors (Lipinski definition) is 8. The van der Waals surface area contributed by atoms with Crippen LogP contribution in [0.3, 0.4) is 0 Å². The molecule has 2 heterocycles. The van der Waals surface area contributed by atoms with Gasteiger partial charge in [-0.1, -0.05) is 6.07 Å². The van der Waals surface area contributed by atoms with Crippen LogP contribution in [0, 0.1) is 6.92 Å². The van der Waals surface area contributed by atoms with Crippen LogP contribution >= 0.6 is 11.3 Å². The number of methoxy groups -OCH3 is 3. The molecular formula is C22H22N2O6S.